The van der Waals surface area contributed by atoms with Crippen LogP contribution in [0.25, 0.3) is 21.5 Å². The molecule has 1 fully saturated rings. The van der Waals surface area contributed by atoms with E-state index in [1.807, 2.05) is 12.1 Å². The number of carbonyl (C=O) groups is 1. The third kappa shape index (κ3) is 4.47. The molecule has 36 heavy (non-hydrogen) atoms. The van der Waals surface area contributed by atoms with Gasteiger partial charge >= 0.3 is 0 Å². The summed E-state index contributed by atoms with van der Waals surface area (Å²) in [5.41, 5.74) is 3.48. The van der Waals surface area contributed by atoms with Gasteiger partial charge in [-0.1, -0.05) is 28.4 Å². The van der Waals surface area contributed by atoms with Gasteiger partial charge in [0.05, 0.1) is 44.6 Å². The number of hydrogen-bond donors (Lipinski definition) is 2. The summed E-state index contributed by atoms with van der Waals surface area (Å²) in [5, 5.41) is 28.5. The van der Waals surface area contributed by atoms with Crippen molar-refractivity contribution in [2.75, 3.05) is 18.6 Å². The highest BCUT2D eigenvalue weighted by Crippen LogP contribution is 2.35. The second-order valence-corrected chi connectivity index (χ2v) is 10.0. The molecule has 1 aliphatic heterocycles. The third-order valence-electron chi connectivity index (χ3n) is 6.22. The highest BCUT2D eigenvalue weighted by Gasteiger charge is 2.42. The molecular weight excluding hydrogens is 532 g/mol. The van der Waals surface area contributed by atoms with E-state index in [-0.39, 0.29) is 33.6 Å². The molecule has 2 aromatic carbocycles. The van der Waals surface area contributed by atoms with Crippen LogP contribution in [-0.4, -0.2) is 68.1 Å². The zero-order valence-corrected chi connectivity index (χ0v) is 21.1. The number of carbonyl (C=O) groups excluding carboxylic acids is 1. The van der Waals surface area contributed by atoms with Crippen LogP contribution in [0.3, 0.4) is 0 Å². The van der Waals surface area contributed by atoms with Gasteiger partial charge in [0, 0.05) is 24.7 Å². The maximum atomic E-state index is 14.6. The monoisotopic (exact) mass is 551 g/mol. The Morgan fingerprint density at radius 3 is 2.92 bits per heavy atom. The molecular formula is C23H20Cl2FN5O4S. The van der Waals surface area contributed by atoms with E-state index in [0.717, 1.165) is 10.2 Å². The predicted octanol–water partition coefficient (Wildman–Crippen LogP) is 3.72. The Kier molecular flexibility index (Phi) is 6.95. The molecule has 1 amide bonds. The Bertz CT molecular complexity index is 1430. The van der Waals surface area contributed by atoms with E-state index < -0.39 is 36.8 Å². The molecule has 1 aliphatic rings. The Morgan fingerprint density at radius 2 is 2.14 bits per heavy atom. The SMILES string of the molecule is CN(C(=O)C1CC(n2cc(-c3ccc(Cl)c(Cl)c3F)nn2)C(O)C(CO)O1)c1ccc2ncsc2c1. The Morgan fingerprint density at radius 1 is 1.33 bits per heavy atom. The molecule has 5 rings (SSSR count). The summed E-state index contributed by atoms with van der Waals surface area (Å²) < 4.78 is 22.7. The van der Waals surface area contributed by atoms with Crippen LogP contribution in [0.5, 0.6) is 0 Å². The summed E-state index contributed by atoms with van der Waals surface area (Å²) in [6, 6.07) is 7.58. The number of nitrogens with zero attached hydrogens (tertiary/aromatic N) is 5. The average Bonchev–Trinajstić information content (AvgIpc) is 3.56. The van der Waals surface area contributed by atoms with Crippen molar-refractivity contribution < 1.29 is 24.1 Å². The number of rotatable bonds is 5. The Balaban J connectivity index is 1.41. The normalized spacial score (nSPS) is 22.2. The molecule has 0 bridgehead atoms. The molecule has 0 aliphatic carbocycles. The van der Waals surface area contributed by atoms with Crippen LogP contribution in [0.4, 0.5) is 10.1 Å². The first kappa shape index (κ1) is 25.0. The number of likely N-dealkylation sites (N-methyl/N-ethyl adjacent to an activating group) is 1. The molecule has 2 N–H and O–H groups in total. The van der Waals surface area contributed by atoms with E-state index in [0.29, 0.717) is 5.69 Å². The minimum absolute atomic E-state index is 0.0519. The fraction of sp³-hybridized carbons (Fsp3) is 0.304. The smallest absolute Gasteiger partial charge is 0.255 e. The number of halogens is 3. The summed E-state index contributed by atoms with van der Waals surface area (Å²) >= 11 is 13.2. The number of anilines is 1. The van der Waals surface area contributed by atoms with Crippen molar-refractivity contribution in [2.45, 2.75) is 30.8 Å². The van der Waals surface area contributed by atoms with Gasteiger partial charge in [0.1, 0.15) is 24.0 Å². The molecule has 0 radical (unpaired) electrons. The zero-order chi connectivity index (χ0) is 25.6. The lowest BCUT2D eigenvalue weighted by Crippen LogP contribution is -2.52. The second-order valence-electron chi connectivity index (χ2n) is 8.35. The summed E-state index contributed by atoms with van der Waals surface area (Å²) in [6.45, 7) is -0.513. The van der Waals surface area contributed by atoms with Crippen molar-refractivity contribution in [3.63, 3.8) is 0 Å². The van der Waals surface area contributed by atoms with Crippen LogP contribution in [0, 0.1) is 5.82 Å². The summed E-state index contributed by atoms with van der Waals surface area (Å²) in [6.07, 6.45) is -1.71. The van der Waals surface area contributed by atoms with Crippen LogP contribution in [0.1, 0.15) is 12.5 Å². The van der Waals surface area contributed by atoms with Crippen LogP contribution in [0.2, 0.25) is 10.0 Å². The highest BCUT2D eigenvalue weighted by molar-refractivity contribution is 7.16. The van der Waals surface area contributed by atoms with Gasteiger partial charge in [0.2, 0.25) is 0 Å². The minimum atomic E-state index is -1.19. The molecule has 1 saturated heterocycles. The molecule has 3 heterocycles. The van der Waals surface area contributed by atoms with Gasteiger partial charge in [-0.25, -0.2) is 14.1 Å². The van der Waals surface area contributed by atoms with Crippen molar-refractivity contribution in [3.8, 4) is 11.3 Å². The molecule has 0 spiro atoms. The van der Waals surface area contributed by atoms with E-state index in [1.54, 1.807) is 18.6 Å². The maximum Gasteiger partial charge on any atom is 0.255 e. The van der Waals surface area contributed by atoms with Gasteiger partial charge in [-0.05, 0) is 30.3 Å². The van der Waals surface area contributed by atoms with E-state index in [4.69, 9.17) is 27.9 Å². The molecule has 13 heteroatoms. The molecule has 4 atom stereocenters. The lowest BCUT2D eigenvalue weighted by Gasteiger charge is -2.39. The third-order valence-corrected chi connectivity index (χ3v) is 7.79. The quantitative estimate of drug-likeness (QED) is 0.363. The molecule has 188 valence electrons. The lowest BCUT2D eigenvalue weighted by molar-refractivity contribution is -0.169. The van der Waals surface area contributed by atoms with E-state index in [9.17, 15) is 19.4 Å². The number of aliphatic hydroxyl groups is 2. The maximum absolute atomic E-state index is 14.6. The summed E-state index contributed by atoms with van der Waals surface area (Å²) in [4.78, 5) is 19.1. The predicted molar refractivity (Wildman–Crippen MR) is 134 cm³/mol. The van der Waals surface area contributed by atoms with Crippen LogP contribution in [-0.2, 0) is 9.53 Å². The van der Waals surface area contributed by atoms with Gasteiger partial charge in [0.15, 0.2) is 5.82 Å². The molecule has 4 unspecified atom stereocenters. The number of fused-ring (bicyclic) bond motifs is 1. The van der Waals surface area contributed by atoms with Crippen molar-refractivity contribution in [1.29, 1.82) is 0 Å². The number of ether oxygens (including phenoxy) is 1. The molecule has 0 saturated carbocycles. The van der Waals surface area contributed by atoms with Crippen LogP contribution in [0.15, 0.2) is 42.0 Å². The van der Waals surface area contributed by atoms with Crippen molar-refractivity contribution >= 4 is 56.3 Å². The largest absolute Gasteiger partial charge is 0.394 e. The number of aliphatic hydroxyl groups excluding tert-OH is 2. The summed E-state index contributed by atoms with van der Waals surface area (Å²) in [7, 11) is 1.63. The Hall–Kier alpha value is -2.67. The van der Waals surface area contributed by atoms with Gasteiger partial charge in [-0.2, -0.15) is 0 Å². The van der Waals surface area contributed by atoms with E-state index >= 15 is 0 Å². The topological polar surface area (TPSA) is 114 Å². The van der Waals surface area contributed by atoms with Crippen molar-refractivity contribution in [2.24, 2.45) is 0 Å². The molecule has 9 nitrogen and oxygen atoms in total. The van der Waals surface area contributed by atoms with Crippen LogP contribution >= 0.6 is 34.5 Å². The standard InChI is InChI=1S/C23H20Cl2FN5O4S/c1-30(11-2-5-14-19(6-11)36-10-27-14)23(34)17-7-16(22(33)18(9-32)35-17)31-8-15(28-29-31)12-3-4-13(24)20(25)21(12)26/h2-6,8,10,16-18,22,32-33H,7,9H2,1H3. The first-order chi connectivity index (χ1) is 17.3. The van der Waals surface area contributed by atoms with Gasteiger partial charge < -0.3 is 19.8 Å². The van der Waals surface area contributed by atoms with Crippen molar-refractivity contribution in [1.82, 2.24) is 20.0 Å². The highest BCUT2D eigenvalue weighted by atomic mass is 35.5. The fourth-order valence-corrected chi connectivity index (χ4v) is 5.23. The van der Waals surface area contributed by atoms with Gasteiger partial charge in [-0.3, -0.25) is 4.79 Å². The first-order valence-electron chi connectivity index (χ1n) is 10.9. The van der Waals surface area contributed by atoms with Gasteiger partial charge in [0.25, 0.3) is 5.91 Å². The van der Waals surface area contributed by atoms with E-state index in [1.165, 1.54) is 39.2 Å². The fourth-order valence-electron chi connectivity index (χ4n) is 4.21. The van der Waals surface area contributed by atoms with Gasteiger partial charge in [-0.15, -0.1) is 16.4 Å². The van der Waals surface area contributed by atoms with E-state index in [2.05, 4.69) is 15.3 Å². The first-order valence-corrected chi connectivity index (χ1v) is 12.5. The lowest BCUT2D eigenvalue weighted by atomic mass is 9.94. The minimum Gasteiger partial charge on any atom is -0.394 e. The Labute approximate surface area is 218 Å². The summed E-state index contributed by atoms with van der Waals surface area (Å²) in [5.74, 6) is -1.10. The number of benzene rings is 2. The van der Waals surface area contributed by atoms with Crippen LogP contribution < -0.4 is 4.90 Å². The molecule has 2 aromatic heterocycles. The number of thiazole rings is 1. The second kappa shape index (κ2) is 10.0. The van der Waals surface area contributed by atoms with Crippen molar-refractivity contribution in [3.05, 3.63) is 57.9 Å². The number of hydrogen-bond acceptors (Lipinski definition) is 8. The zero-order valence-electron chi connectivity index (χ0n) is 18.8. The number of aromatic nitrogens is 4. The molecule has 4 aromatic rings. The number of amides is 1. The average molecular weight is 552 g/mol.